The number of nitrogens with zero attached hydrogens (tertiary/aromatic N) is 1. The number of amides is 3. The van der Waals surface area contributed by atoms with E-state index in [1.54, 1.807) is 25.1 Å². The summed E-state index contributed by atoms with van der Waals surface area (Å²) < 4.78 is 18.7. The summed E-state index contributed by atoms with van der Waals surface area (Å²) in [5.41, 5.74) is 0.402. The van der Waals surface area contributed by atoms with E-state index in [1.165, 1.54) is 30.3 Å². The number of imide groups is 1. The van der Waals surface area contributed by atoms with Crippen molar-refractivity contribution >= 4 is 29.4 Å². The lowest BCUT2D eigenvalue weighted by atomic mass is 9.97. The third-order valence-electron chi connectivity index (χ3n) is 5.02. The molecule has 0 aliphatic carbocycles. The molecule has 0 bridgehead atoms. The Morgan fingerprint density at radius 2 is 1.60 bits per heavy atom. The highest BCUT2D eigenvalue weighted by Crippen LogP contribution is 2.28. The number of rotatable bonds is 7. The van der Waals surface area contributed by atoms with Gasteiger partial charge in [-0.15, -0.1) is 0 Å². The number of nitrogens with one attached hydrogen (secondary N) is 1. The lowest BCUT2D eigenvalue weighted by Crippen LogP contribution is -2.49. The molecule has 2 aromatic carbocycles. The Kier molecular flexibility index (Phi) is 6.25. The van der Waals surface area contributed by atoms with Crippen LogP contribution in [0.2, 0.25) is 0 Å². The minimum Gasteiger partial charge on any atom is -0.454 e. The third-order valence-corrected chi connectivity index (χ3v) is 5.02. The summed E-state index contributed by atoms with van der Waals surface area (Å²) in [7, 11) is 0. The quantitative estimate of drug-likeness (QED) is 0.557. The minimum atomic E-state index is -1.18. The fraction of sp³-hybridized carbons (Fsp3) is 0.273. The van der Waals surface area contributed by atoms with Crippen molar-refractivity contribution in [2.24, 2.45) is 5.92 Å². The van der Waals surface area contributed by atoms with Gasteiger partial charge in [-0.1, -0.05) is 44.5 Å². The number of hydrogen-bond acceptors (Lipinski definition) is 5. The van der Waals surface area contributed by atoms with Crippen molar-refractivity contribution in [3.63, 3.8) is 0 Å². The smallest absolute Gasteiger partial charge is 0.330 e. The molecule has 0 unspecified atom stereocenters. The molecule has 156 valence electrons. The molecular weight excluding hydrogens is 391 g/mol. The van der Waals surface area contributed by atoms with Crippen LogP contribution in [-0.2, 0) is 14.3 Å². The predicted molar refractivity (Wildman–Crippen MR) is 106 cm³/mol. The number of ether oxygens (including phenoxy) is 1. The van der Waals surface area contributed by atoms with Gasteiger partial charge in [0.15, 0.2) is 6.61 Å². The Labute approximate surface area is 172 Å². The van der Waals surface area contributed by atoms with E-state index in [0.29, 0.717) is 6.42 Å². The summed E-state index contributed by atoms with van der Waals surface area (Å²) in [6, 6.07) is 10.7. The van der Waals surface area contributed by atoms with Crippen LogP contribution in [0.4, 0.5) is 10.1 Å². The molecule has 0 spiro atoms. The molecule has 0 radical (unpaired) electrons. The maximum absolute atomic E-state index is 13.6. The van der Waals surface area contributed by atoms with Crippen LogP contribution in [0.25, 0.3) is 0 Å². The van der Waals surface area contributed by atoms with Crippen LogP contribution >= 0.6 is 0 Å². The first kappa shape index (κ1) is 21.2. The normalized spacial score (nSPS) is 14.8. The summed E-state index contributed by atoms with van der Waals surface area (Å²) in [5, 5.41) is 2.31. The van der Waals surface area contributed by atoms with E-state index in [0.717, 1.165) is 4.90 Å². The van der Waals surface area contributed by atoms with Crippen molar-refractivity contribution in [1.29, 1.82) is 0 Å². The van der Waals surface area contributed by atoms with E-state index in [2.05, 4.69) is 5.32 Å². The number of benzene rings is 2. The highest BCUT2D eigenvalue weighted by molar-refractivity contribution is 6.22. The second-order valence-corrected chi connectivity index (χ2v) is 6.99. The minimum absolute atomic E-state index is 0.0441. The van der Waals surface area contributed by atoms with Gasteiger partial charge in [0, 0.05) is 0 Å². The average molecular weight is 412 g/mol. The molecule has 2 atom stereocenters. The van der Waals surface area contributed by atoms with Gasteiger partial charge in [0.05, 0.1) is 16.8 Å². The molecule has 30 heavy (non-hydrogen) atoms. The molecule has 3 rings (SSSR count). The van der Waals surface area contributed by atoms with Gasteiger partial charge >= 0.3 is 5.97 Å². The SMILES string of the molecule is CC[C@H](C)[C@@H](C(=O)OCC(=O)Nc1ccccc1F)N1C(=O)c2ccccc2C1=O. The van der Waals surface area contributed by atoms with Crippen LogP contribution in [0.1, 0.15) is 41.0 Å². The highest BCUT2D eigenvalue weighted by Gasteiger charge is 2.45. The molecular formula is C22H21FN2O5. The predicted octanol–water partition coefficient (Wildman–Crippen LogP) is 3.02. The second kappa shape index (κ2) is 8.86. The van der Waals surface area contributed by atoms with Crippen LogP contribution in [0.3, 0.4) is 0 Å². The number of carbonyl (C=O) groups is 4. The number of fused-ring (bicyclic) bond motifs is 1. The average Bonchev–Trinajstić information content (AvgIpc) is 2.99. The monoisotopic (exact) mass is 412 g/mol. The Balaban J connectivity index is 1.73. The van der Waals surface area contributed by atoms with Crippen LogP contribution in [0.15, 0.2) is 48.5 Å². The lowest BCUT2D eigenvalue weighted by Gasteiger charge is -2.28. The van der Waals surface area contributed by atoms with Crippen LogP contribution in [0, 0.1) is 11.7 Å². The van der Waals surface area contributed by atoms with Crippen molar-refractivity contribution in [2.75, 3.05) is 11.9 Å². The number of carbonyl (C=O) groups excluding carboxylic acids is 4. The van der Waals surface area contributed by atoms with Gasteiger partial charge in [-0.3, -0.25) is 19.3 Å². The first-order chi connectivity index (χ1) is 14.3. The Hall–Kier alpha value is -3.55. The van der Waals surface area contributed by atoms with Crippen LogP contribution in [0.5, 0.6) is 0 Å². The Morgan fingerprint density at radius 1 is 1.03 bits per heavy atom. The van der Waals surface area contributed by atoms with Gasteiger partial charge in [0.2, 0.25) is 0 Å². The largest absolute Gasteiger partial charge is 0.454 e. The first-order valence-corrected chi connectivity index (χ1v) is 9.53. The molecule has 1 aliphatic rings. The van der Waals surface area contributed by atoms with Crippen molar-refractivity contribution in [2.45, 2.75) is 26.3 Å². The molecule has 2 aromatic rings. The zero-order valence-corrected chi connectivity index (χ0v) is 16.6. The van der Waals surface area contributed by atoms with Crippen molar-refractivity contribution in [3.05, 3.63) is 65.5 Å². The van der Waals surface area contributed by atoms with E-state index in [9.17, 15) is 23.6 Å². The summed E-state index contributed by atoms with van der Waals surface area (Å²) in [6.45, 7) is 2.85. The molecule has 7 nitrogen and oxygen atoms in total. The maximum atomic E-state index is 13.6. The first-order valence-electron chi connectivity index (χ1n) is 9.53. The van der Waals surface area contributed by atoms with E-state index < -0.39 is 48.1 Å². The number of esters is 1. The number of para-hydroxylation sites is 1. The van der Waals surface area contributed by atoms with Crippen LogP contribution < -0.4 is 5.32 Å². The topological polar surface area (TPSA) is 92.8 Å². The fourth-order valence-electron chi connectivity index (χ4n) is 3.25. The summed E-state index contributed by atoms with van der Waals surface area (Å²) in [4.78, 5) is 51.3. The molecule has 0 fully saturated rings. The summed E-state index contributed by atoms with van der Waals surface area (Å²) in [6.07, 6.45) is 0.495. The van der Waals surface area contributed by atoms with Gasteiger partial charge < -0.3 is 10.1 Å². The molecule has 8 heteroatoms. The van der Waals surface area contributed by atoms with E-state index in [-0.39, 0.29) is 16.8 Å². The van der Waals surface area contributed by atoms with Crippen molar-refractivity contribution < 1.29 is 28.3 Å². The van der Waals surface area contributed by atoms with Crippen LogP contribution in [-0.4, -0.2) is 41.2 Å². The maximum Gasteiger partial charge on any atom is 0.330 e. The number of hydrogen-bond donors (Lipinski definition) is 1. The zero-order valence-electron chi connectivity index (χ0n) is 16.6. The van der Waals surface area contributed by atoms with Gasteiger partial charge in [-0.05, 0) is 30.2 Å². The lowest BCUT2D eigenvalue weighted by molar-refractivity contribution is -0.152. The van der Waals surface area contributed by atoms with Gasteiger partial charge in [0.25, 0.3) is 17.7 Å². The number of anilines is 1. The molecule has 0 aromatic heterocycles. The third kappa shape index (κ3) is 4.07. The summed E-state index contributed by atoms with van der Waals surface area (Å²) >= 11 is 0. The molecule has 0 saturated carbocycles. The molecule has 1 heterocycles. The summed E-state index contributed by atoms with van der Waals surface area (Å²) in [5.74, 6) is -3.78. The fourth-order valence-corrected chi connectivity index (χ4v) is 3.25. The van der Waals surface area contributed by atoms with E-state index >= 15 is 0 Å². The highest BCUT2D eigenvalue weighted by atomic mass is 19.1. The number of halogens is 1. The standard InChI is InChI=1S/C22H21FN2O5/c1-3-13(2)19(25-20(27)14-8-4-5-9-15(14)21(25)28)22(29)30-12-18(26)24-17-11-7-6-10-16(17)23/h4-11,13,19H,3,12H2,1-2H3,(H,24,26)/t13-,19-/m0/s1. The second-order valence-electron chi connectivity index (χ2n) is 6.99. The van der Waals surface area contributed by atoms with E-state index in [1.807, 2.05) is 6.92 Å². The van der Waals surface area contributed by atoms with Crippen molar-refractivity contribution in [3.8, 4) is 0 Å². The van der Waals surface area contributed by atoms with Crippen molar-refractivity contribution in [1.82, 2.24) is 4.90 Å². The molecule has 3 amide bonds. The molecule has 1 aliphatic heterocycles. The molecule has 1 N–H and O–H groups in total. The Morgan fingerprint density at radius 3 is 2.17 bits per heavy atom. The molecule has 0 saturated heterocycles. The van der Waals surface area contributed by atoms with Gasteiger partial charge in [-0.25, -0.2) is 9.18 Å². The van der Waals surface area contributed by atoms with Gasteiger partial charge in [-0.2, -0.15) is 0 Å². The zero-order chi connectivity index (χ0) is 21.8. The van der Waals surface area contributed by atoms with E-state index in [4.69, 9.17) is 4.74 Å². The Bertz CT molecular complexity index is 972. The van der Waals surface area contributed by atoms with Gasteiger partial charge in [0.1, 0.15) is 11.9 Å².